The molecule has 0 aliphatic heterocycles. The van der Waals surface area contributed by atoms with Crippen molar-refractivity contribution in [1.29, 1.82) is 5.26 Å². The number of hydrogen-bond donors (Lipinski definition) is 2. The minimum absolute atomic E-state index is 0.0950. The van der Waals surface area contributed by atoms with E-state index in [-0.39, 0.29) is 30.3 Å². The highest BCUT2D eigenvalue weighted by molar-refractivity contribution is 5.86. The maximum atomic E-state index is 11.8. The van der Waals surface area contributed by atoms with Gasteiger partial charge in [0.05, 0.1) is 6.07 Å². The number of carbonyl (C=O) groups is 2. The van der Waals surface area contributed by atoms with Gasteiger partial charge in [-0.2, -0.15) is 5.26 Å². The molecule has 0 aromatic rings. The summed E-state index contributed by atoms with van der Waals surface area (Å²) in [5, 5.41) is 14.5. The Kier molecular flexibility index (Phi) is 4.33. The van der Waals surface area contributed by atoms with Gasteiger partial charge >= 0.3 is 0 Å². The van der Waals surface area contributed by atoms with Crippen molar-refractivity contribution in [2.24, 2.45) is 5.41 Å². The molecular weight excluding hydrogens is 230 g/mol. The van der Waals surface area contributed by atoms with Crippen molar-refractivity contribution in [2.45, 2.75) is 52.0 Å². The van der Waals surface area contributed by atoms with E-state index in [4.69, 9.17) is 5.26 Å². The van der Waals surface area contributed by atoms with E-state index in [0.717, 1.165) is 6.42 Å². The van der Waals surface area contributed by atoms with Crippen molar-refractivity contribution in [2.75, 3.05) is 6.54 Å². The predicted molar refractivity (Wildman–Crippen MR) is 67.4 cm³/mol. The molecule has 100 valence electrons. The molecule has 1 saturated carbocycles. The summed E-state index contributed by atoms with van der Waals surface area (Å²) >= 11 is 0. The van der Waals surface area contributed by atoms with E-state index in [9.17, 15) is 9.59 Å². The first-order valence-corrected chi connectivity index (χ1v) is 6.30. The van der Waals surface area contributed by atoms with Gasteiger partial charge in [-0.05, 0) is 40.0 Å². The van der Waals surface area contributed by atoms with Gasteiger partial charge in [0.25, 0.3) is 0 Å². The largest absolute Gasteiger partial charge is 0.354 e. The van der Waals surface area contributed by atoms with Gasteiger partial charge in [-0.3, -0.25) is 9.59 Å². The minimum Gasteiger partial charge on any atom is -0.354 e. The van der Waals surface area contributed by atoms with Gasteiger partial charge in [0.1, 0.15) is 5.41 Å². The fourth-order valence-electron chi connectivity index (χ4n) is 1.86. The van der Waals surface area contributed by atoms with Crippen LogP contribution < -0.4 is 10.6 Å². The highest BCUT2D eigenvalue weighted by Crippen LogP contribution is 2.40. The van der Waals surface area contributed by atoms with Crippen LogP contribution in [0.1, 0.15) is 46.5 Å². The van der Waals surface area contributed by atoms with Crippen LogP contribution in [0, 0.1) is 16.7 Å². The summed E-state index contributed by atoms with van der Waals surface area (Å²) in [5.41, 5.74) is -1.09. The topological polar surface area (TPSA) is 82.0 Å². The van der Waals surface area contributed by atoms with Crippen LogP contribution in [-0.2, 0) is 9.59 Å². The minimum atomic E-state index is -0.833. The number of amides is 2. The Morgan fingerprint density at radius 3 is 2.33 bits per heavy atom. The van der Waals surface area contributed by atoms with Gasteiger partial charge in [0.2, 0.25) is 11.8 Å². The van der Waals surface area contributed by atoms with Crippen LogP contribution in [0.5, 0.6) is 0 Å². The van der Waals surface area contributed by atoms with Crippen LogP contribution >= 0.6 is 0 Å². The van der Waals surface area contributed by atoms with Crippen LogP contribution in [0.2, 0.25) is 0 Å². The van der Waals surface area contributed by atoms with Crippen molar-refractivity contribution >= 4 is 11.8 Å². The van der Waals surface area contributed by atoms with Crippen LogP contribution in [0.4, 0.5) is 0 Å². The predicted octanol–water partition coefficient (Wildman–Crippen LogP) is 1.10. The lowest BCUT2D eigenvalue weighted by Gasteiger charge is -2.33. The first-order valence-electron chi connectivity index (χ1n) is 6.30. The van der Waals surface area contributed by atoms with Crippen molar-refractivity contribution in [3.8, 4) is 6.07 Å². The van der Waals surface area contributed by atoms with Crippen LogP contribution in [-0.4, -0.2) is 23.9 Å². The number of nitrogens with one attached hydrogen (secondary N) is 2. The Hall–Kier alpha value is -1.57. The average Bonchev–Trinajstić information content (AvgIpc) is 2.13. The molecule has 5 nitrogen and oxygen atoms in total. The zero-order valence-electron chi connectivity index (χ0n) is 11.3. The van der Waals surface area contributed by atoms with Gasteiger partial charge in [0, 0.05) is 18.5 Å². The zero-order valence-corrected chi connectivity index (χ0v) is 11.3. The molecule has 0 spiro atoms. The van der Waals surface area contributed by atoms with Crippen LogP contribution in [0.3, 0.4) is 0 Å². The molecule has 0 aromatic carbocycles. The fourth-order valence-corrected chi connectivity index (χ4v) is 1.86. The lowest BCUT2D eigenvalue weighted by atomic mass is 9.69. The summed E-state index contributed by atoms with van der Waals surface area (Å²) in [5.74, 6) is -0.331. The Balaban J connectivity index is 2.28. The van der Waals surface area contributed by atoms with E-state index in [1.165, 1.54) is 0 Å². The molecule has 0 atom stereocenters. The second-order valence-electron chi connectivity index (χ2n) is 5.85. The second-order valence-corrected chi connectivity index (χ2v) is 5.85. The molecule has 1 fully saturated rings. The molecule has 0 bridgehead atoms. The Morgan fingerprint density at radius 2 is 1.94 bits per heavy atom. The smallest absolute Gasteiger partial charge is 0.240 e. The third kappa shape index (κ3) is 3.73. The second kappa shape index (κ2) is 5.38. The van der Waals surface area contributed by atoms with Crippen molar-refractivity contribution in [3.05, 3.63) is 0 Å². The van der Waals surface area contributed by atoms with E-state index in [0.29, 0.717) is 12.8 Å². The summed E-state index contributed by atoms with van der Waals surface area (Å²) in [6.45, 7) is 6.00. The summed E-state index contributed by atoms with van der Waals surface area (Å²) in [6.07, 6.45) is 2.42. The van der Waals surface area contributed by atoms with Crippen molar-refractivity contribution < 1.29 is 9.59 Å². The van der Waals surface area contributed by atoms with Crippen molar-refractivity contribution in [1.82, 2.24) is 10.6 Å². The van der Waals surface area contributed by atoms with Crippen LogP contribution in [0.15, 0.2) is 0 Å². The average molecular weight is 251 g/mol. The molecule has 0 saturated heterocycles. The maximum absolute atomic E-state index is 11.8. The highest BCUT2D eigenvalue weighted by Gasteiger charge is 2.44. The van der Waals surface area contributed by atoms with E-state index in [2.05, 4.69) is 16.7 Å². The first-order chi connectivity index (χ1) is 8.29. The number of carbonyl (C=O) groups excluding carboxylic acids is 2. The molecule has 1 rings (SSSR count). The monoisotopic (exact) mass is 251 g/mol. The molecule has 0 unspecified atom stereocenters. The maximum Gasteiger partial charge on any atom is 0.240 e. The number of hydrogen-bond acceptors (Lipinski definition) is 3. The van der Waals surface area contributed by atoms with E-state index >= 15 is 0 Å². The molecule has 2 N–H and O–H groups in total. The van der Waals surface area contributed by atoms with Gasteiger partial charge in [-0.15, -0.1) is 0 Å². The van der Waals surface area contributed by atoms with Gasteiger partial charge in [-0.1, -0.05) is 0 Å². The summed E-state index contributed by atoms with van der Waals surface area (Å²) in [6, 6.07) is 2.08. The molecule has 0 aromatic heterocycles. The molecule has 0 radical (unpaired) electrons. The molecule has 1 aliphatic rings. The number of rotatable bonds is 4. The third-order valence-corrected chi connectivity index (χ3v) is 3.01. The van der Waals surface area contributed by atoms with Gasteiger partial charge in [-0.25, -0.2) is 0 Å². The van der Waals surface area contributed by atoms with E-state index < -0.39 is 5.41 Å². The van der Waals surface area contributed by atoms with E-state index in [1.54, 1.807) is 0 Å². The molecule has 0 heterocycles. The lowest BCUT2D eigenvalue weighted by molar-refractivity contribution is -0.131. The number of nitrogens with zero attached hydrogens (tertiary/aromatic N) is 1. The molecular formula is C13H21N3O2. The van der Waals surface area contributed by atoms with Crippen molar-refractivity contribution in [3.63, 3.8) is 0 Å². The third-order valence-electron chi connectivity index (χ3n) is 3.01. The van der Waals surface area contributed by atoms with Crippen LogP contribution in [0.25, 0.3) is 0 Å². The number of nitriles is 1. The molecule has 18 heavy (non-hydrogen) atoms. The summed E-state index contributed by atoms with van der Waals surface area (Å²) < 4.78 is 0. The Morgan fingerprint density at radius 1 is 1.33 bits per heavy atom. The quantitative estimate of drug-likeness (QED) is 0.785. The normalized spacial score (nSPS) is 17.2. The first kappa shape index (κ1) is 14.5. The molecule has 1 aliphatic carbocycles. The molecule has 5 heteroatoms. The summed E-state index contributed by atoms with van der Waals surface area (Å²) in [7, 11) is 0. The highest BCUT2D eigenvalue weighted by atomic mass is 16.2. The SMILES string of the molecule is CC(C)(C)NC(=O)CCNC(=O)C1(C#N)CCC1. The standard InChI is InChI=1S/C13H21N3O2/c1-12(2,3)16-10(17)5-8-15-11(18)13(9-14)6-4-7-13/h4-8H2,1-3H3,(H,15,18)(H,16,17). The lowest BCUT2D eigenvalue weighted by Crippen LogP contribution is -2.46. The van der Waals surface area contributed by atoms with Gasteiger partial charge in [0.15, 0.2) is 0 Å². The van der Waals surface area contributed by atoms with E-state index in [1.807, 2.05) is 20.8 Å². The Bertz CT molecular complexity index is 373. The fraction of sp³-hybridized carbons (Fsp3) is 0.769. The Labute approximate surface area is 108 Å². The summed E-state index contributed by atoms with van der Waals surface area (Å²) in [4.78, 5) is 23.3. The molecule has 2 amide bonds. The van der Waals surface area contributed by atoms with Gasteiger partial charge < -0.3 is 10.6 Å². The zero-order chi connectivity index (χ0) is 13.8.